The van der Waals surface area contributed by atoms with Gasteiger partial charge in [-0.2, -0.15) is 4.98 Å². The zero-order valence-electron chi connectivity index (χ0n) is 19.0. The third-order valence-corrected chi connectivity index (χ3v) is 6.63. The van der Waals surface area contributed by atoms with Crippen LogP contribution < -0.4 is 19.7 Å². The molecule has 0 saturated heterocycles. The molecule has 180 valence electrons. The number of fused-ring (bicyclic) bond motifs is 4. The van der Waals surface area contributed by atoms with Crippen molar-refractivity contribution in [1.29, 1.82) is 0 Å². The summed E-state index contributed by atoms with van der Waals surface area (Å²) in [5.74, 6) is -1.55. The molecule has 4 aromatic rings. The van der Waals surface area contributed by atoms with Gasteiger partial charge in [0.05, 0.1) is 31.7 Å². The summed E-state index contributed by atoms with van der Waals surface area (Å²) in [5, 5.41) is 3.07. The van der Waals surface area contributed by atoms with Crippen molar-refractivity contribution in [2.45, 2.75) is 5.54 Å². The molecule has 0 radical (unpaired) electrons. The largest absolute Gasteiger partial charge is 0.479 e. The van der Waals surface area contributed by atoms with Crippen LogP contribution in [-0.4, -0.2) is 40.6 Å². The van der Waals surface area contributed by atoms with E-state index in [2.05, 4.69) is 15.3 Å². The maximum Gasteiger partial charge on any atom is 0.319 e. The number of aromatic nitrogens is 3. The molecule has 4 heterocycles. The molecule has 0 saturated carbocycles. The number of hydrogen-bond acceptors (Lipinski definition) is 6. The molecule has 11 heteroatoms. The number of amides is 2. The average molecular weight is 506 g/mol. The summed E-state index contributed by atoms with van der Waals surface area (Å²) in [4.78, 5) is 37.2. The minimum Gasteiger partial charge on any atom is -0.479 e. The van der Waals surface area contributed by atoms with Crippen molar-refractivity contribution in [3.63, 3.8) is 0 Å². The molecule has 1 atom stereocenters. The van der Waals surface area contributed by atoms with E-state index < -0.39 is 23.2 Å². The first-order valence-electron chi connectivity index (χ1n) is 10.8. The molecule has 2 aliphatic rings. The maximum atomic E-state index is 15.1. The lowest BCUT2D eigenvalue weighted by molar-refractivity contribution is -0.119. The molecule has 2 aliphatic heterocycles. The van der Waals surface area contributed by atoms with E-state index in [1.807, 2.05) is 0 Å². The molecule has 2 aromatic carbocycles. The van der Waals surface area contributed by atoms with Crippen LogP contribution in [0.4, 0.5) is 15.8 Å². The number of para-hydroxylation sites is 1. The molecule has 6 rings (SSSR count). The summed E-state index contributed by atoms with van der Waals surface area (Å²) >= 11 is 6.18. The predicted octanol–water partition coefficient (Wildman–Crippen LogP) is 3.93. The molecular formula is C25H17ClFN5O4. The van der Waals surface area contributed by atoms with E-state index in [4.69, 9.17) is 21.1 Å². The van der Waals surface area contributed by atoms with Gasteiger partial charge in [-0.3, -0.25) is 14.5 Å². The third kappa shape index (κ3) is 2.81. The van der Waals surface area contributed by atoms with Crippen molar-refractivity contribution in [3.05, 3.63) is 88.6 Å². The monoisotopic (exact) mass is 505 g/mol. The highest BCUT2D eigenvalue weighted by molar-refractivity contribution is 6.31. The van der Waals surface area contributed by atoms with E-state index in [1.54, 1.807) is 41.2 Å². The van der Waals surface area contributed by atoms with Gasteiger partial charge in [0, 0.05) is 34.2 Å². The average Bonchev–Trinajstić information content (AvgIpc) is 3.52. The number of ether oxygens (including phenoxy) is 2. The van der Waals surface area contributed by atoms with Crippen LogP contribution in [0.1, 0.15) is 21.5 Å². The van der Waals surface area contributed by atoms with E-state index in [9.17, 15) is 9.59 Å². The standard InChI is InChI=1S/C25H17ClFN5O4/c1-35-21-20(10-28-24(30-21)36-2)31-11-14-16(12-31)25(15-5-3-4-6-18(15)29-23(25)34)32(22(14)33)19-9-13(26)7-8-17(19)27/h3-12H,1-2H3,(H,29,34). The number of carbonyl (C=O) groups excluding carboxylic acids is 2. The van der Waals surface area contributed by atoms with E-state index in [0.717, 1.165) is 0 Å². The van der Waals surface area contributed by atoms with Crippen LogP contribution in [0.5, 0.6) is 11.9 Å². The summed E-state index contributed by atoms with van der Waals surface area (Å²) in [6, 6.07) is 11.0. The zero-order valence-corrected chi connectivity index (χ0v) is 19.7. The van der Waals surface area contributed by atoms with Crippen molar-refractivity contribution in [2.75, 3.05) is 24.4 Å². The molecule has 1 unspecified atom stereocenters. The number of halogens is 2. The van der Waals surface area contributed by atoms with E-state index >= 15 is 4.39 Å². The SMILES string of the molecule is COc1ncc(-n2cc3c(c2)C2(C(=O)Nc4ccccc42)N(c2cc(Cl)ccc2F)C3=O)c(OC)n1. The highest BCUT2D eigenvalue weighted by atomic mass is 35.5. The Morgan fingerprint density at radius 2 is 1.83 bits per heavy atom. The first-order valence-corrected chi connectivity index (χ1v) is 11.2. The second-order valence-corrected chi connectivity index (χ2v) is 8.63. The van der Waals surface area contributed by atoms with Gasteiger partial charge in [-0.15, -0.1) is 0 Å². The van der Waals surface area contributed by atoms with Crippen LogP contribution in [0.15, 0.2) is 61.1 Å². The minimum atomic E-state index is -1.67. The van der Waals surface area contributed by atoms with Crippen LogP contribution in [-0.2, 0) is 10.3 Å². The molecule has 2 amide bonds. The van der Waals surface area contributed by atoms with Crippen LogP contribution in [0.25, 0.3) is 5.69 Å². The van der Waals surface area contributed by atoms with Gasteiger partial charge in [0.25, 0.3) is 11.8 Å². The molecule has 2 aromatic heterocycles. The predicted molar refractivity (Wildman–Crippen MR) is 129 cm³/mol. The number of carbonyl (C=O) groups is 2. The number of methoxy groups -OCH3 is 2. The van der Waals surface area contributed by atoms with E-state index in [1.165, 1.54) is 43.5 Å². The number of rotatable bonds is 4. The van der Waals surface area contributed by atoms with Crippen LogP contribution in [0, 0.1) is 5.82 Å². The van der Waals surface area contributed by atoms with Gasteiger partial charge in [-0.1, -0.05) is 29.8 Å². The molecule has 0 bridgehead atoms. The Balaban J connectivity index is 1.63. The summed E-state index contributed by atoms with van der Waals surface area (Å²) < 4.78 is 27.2. The molecular weight excluding hydrogens is 489 g/mol. The van der Waals surface area contributed by atoms with Gasteiger partial charge in [0.15, 0.2) is 5.54 Å². The fourth-order valence-electron chi connectivity index (χ4n) is 4.90. The van der Waals surface area contributed by atoms with Gasteiger partial charge < -0.3 is 19.4 Å². The second kappa shape index (κ2) is 7.79. The van der Waals surface area contributed by atoms with Crippen LogP contribution in [0.3, 0.4) is 0 Å². The van der Waals surface area contributed by atoms with Crippen molar-refractivity contribution in [2.24, 2.45) is 0 Å². The van der Waals surface area contributed by atoms with Crippen molar-refractivity contribution >= 4 is 34.8 Å². The lowest BCUT2D eigenvalue weighted by Gasteiger charge is -2.34. The van der Waals surface area contributed by atoms with E-state index in [0.29, 0.717) is 22.5 Å². The first kappa shape index (κ1) is 22.1. The van der Waals surface area contributed by atoms with Crippen molar-refractivity contribution in [3.8, 4) is 17.6 Å². The summed E-state index contributed by atoms with van der Waals surface area (Å²) in [5.41, 5.74) is 0.257. The fraction of sp³-hybridized carbons (Fsp3) is 0.120. The normalized spacial score (nSPS) is 17.8. The Morgan fingerprint density at radius 3 is 2.61 bits per heavy atom. The Morgan fingerprint density at radius 1 is 1.03 bits per heavy atom. The number of nitrogens with zero attached hydrogens (tertiary/aromatic N) is 4. The van der Waals surface area contributed by atoms with E-state index in [-0.39, 0.29) is 28.2 Å². The zero-order chi connectivity index (χ0) is 25.2. The van der Waals surface area contributed by atoms with Gasteiger partial charge in [-0.05, 0) is 24.3 Å². The summed E-state index contributed by atoms with van der Waals surface area (Å²) in [7, 11) is 2.88. The molecule has 36 heavy (non-hydrogen) atoms. The summed E-state index contributed by atoms with van der Waals surface area (Å²) in [6.07, 6.45) is 4.66. The Labute approximate surface area is 209 Å². The second-order valence-electron chi connectivity index (χ2n) is 8.19. The maximum absolute atomic E-state index is 15.1. The van der Waals surface area contributed by atoms with Crippen LogP contribution in [0.2, 0.25) is 5.02 Å². The lowest BCUT2D eigenvalue weighted by atomic mass is 9.85. The molecule has 1 spiro atoms. The van der Waals surface area contributed by atoms with Crippen LogP contribution >= 0.6 is 11.6 Å². The van der Waals surface area contributed by atoms with Gasteiger partial charge in [-0.25, -0.2) is 9.37 Å². The lowest BCUT2D eigenvalue weighted by Crippen LogP contribution is -2.50. The third-order valence-electron chi connectivity index (χ3n) is 6.40. The number of hydrogen-bond donors (Lipinski definition) is 1. The summed E-state index contributed by atoms with van der Waals surface area (Å²) in [6.45, 7) is 0. The Bertz CT molecular complexity index is 1590. The number of nitrogens with one attached hydrogen (secondary N) is 1. The number of anilines is 2. The van der Waals surface area contributed by atoms with Gasteiger partial charge >= 0.3 is 6.01 Å². The Hall–Kier alpha value is -4.44. The minimum absolute atomic E-state index is 0.104. The highest BCUT2D eigenvalue weighted by Crippen LogP contribution is 2.53. The number of benzene rings is 2. The smallest absolute Gasteiger partial charge is 0.319 e. The van der Waals surface area contributed by atoms with Crippen molar-refractivity contribution < 1.29 is 23.5 Å². The van der Waals surface area contributed by atoms with Gasteiger partial charge in [0.2, 0.25) is 5.88 Å². The highest BCUT2D eigenvalue weighted by Gasteiger charge is 2.62. The topological polar surface area (TPSA) is 98.6 Å². The first-order chi connectivity index (χ1) is 17.4. The molecule has 1 N–H and O–H groups in total. The fourth-order valence-corrected chi connectivity index (χ4v) is 5.06. The molecule has 0 fully saturated rings. The van der Waals surface area contributed by atoms with Gasteiger partial charge in [0.1, 0.15) is 11.5 Å². The molecule has 9 nitrogen and oxygen atoms in total. The molecule has 0 aliphatic carbocycles. The quantitative estimate of drug-likeness (QED) is 0.451. The van der Waals surface area contributed by atoms with Crippen molar-refractivity contribution in [1.82, 2.24) is 14.5 Å². The Kier molecular flexibility index (Phi) is 4.77.